The van der Waals surface area contributed by atoms with Crippen LogP contribution in [0.15, 0.2) is 17.5 Å². The lowest BCUT2D eigenvalue weighted by molar-refractivity contribution is 0.0943. The second-order valence-corrected chi connectivity index (χ2v) is 8.61. The molecule has 0 bridgehead atoms. The summed E-state index contributed by atoms with van der Waals surface area (Å²) in [5.74, 6) is -0.516. The van der Waals surface area contributed by atoms with E-state index in [2.05, 4.69) is 48.2 Å². The Labute approximate surface area is 192 Å². The van der Waals surface area contributed by atoms with Crippen LogP contribution in [0, 0.1) is 0 Å². The summed E-state index contributed by atoms with van der Waals surface area (Å²) >= 11 is 1.13. The van der Waals surface area contributed by atoms with E-state index in [1.807, 2.05) is 0 Å². The maximum Gasteiger partial charge on any atom is 0.270 e. The molecule has 9 nitrogen and oxygen atoms in total. The van der Waals surface area contributed by atoms with Crippen LogP contribution in [-0.2, 0) is 0 Å². The molecule has 176 valence electrons. The summed E-state index contributed by atoms with van der Waals surface area (Å²) in [5, 5.41) is 17.4. The van der Waals surface area contributed by atoms with Gasteiger partial charge in [0.2, 0.25) is 0 Å². The number of aromatic nitrogens is 1. The zero-order chi connectivity index (χ0) is 23.8. The lowest BCUT2D eigenvalue weighted by Gasteiger charge is -2.30. The van der Waals surface area contributed by atoms with Crippen molar-refractivity contribution in [2.24, 2.45) is 0 Å². The molecule has 1 heterocycles. The average Bonchev–Trinajstić information content (AvgIpc) is 3.20. The number of aromatic hydroxyl groups is 1. The van der Waals surface area contributed by atoms with E-state index in [0.29, 0.717) is 30.1 Å². The lowest BCUT2D eigenvalue weighted by atomic mass is 10.1. The lowest BCUT2D eigenvalue weighted by Crippen LogP contribution is -2.39. The number of phenolic OH excluding ortho intramolecular Hbond substituents is 1. The second-order valence-electron chi connectivity index (χ2n) is 7.75. The fraction of sp³-hybridized carbons (Fsp3) is 0.500. The molecule has 0 fully saturated rings. The number of benzene rings is 1. The molecule has 0 radical (unpaired) electrons. The van der Waals surface area contributed by atoms with E-state index in [1.54, 1.807) is 5.38 Å². The summed E-state index contributed by atoms with van der Waals surface area (Å²) in [7, 11) is 2.87. The van der Waals surface area contributed by atoms with Crippen LogP contribution in [0.3, 0.4) is 0 Å². The van der Waals surface area contributed by atoms with Gasteiger partial charge in [-0.25, -0.2) is 4.98 Å². The molecular formula is C22H32N4O5S. The monoisotopic (exact) mass is 464 g/mol. The minimum Gasteiger partial charge on any atom is -0.507 e. The highest BCUT2D eigenvalue weighted by Crippen LogP contribution is 2.34. The van der Waals surface area contributed by atoms with Gasteiger partial charge in [-0.2, -0.15) is 0 Å². The zero-order valence-electron chi connectivity index (χ0n) is 19.4. The van der Waals surface area contributed by atoms with Crippen molar-refractivity contribution in [3.63, 3.8) is 0 Å². The largest absolute Gasteiger partial charge is 0.507 e. The Kier molecular flexibility index (Phi) is 9.27. The highest BCUT2D eigenvalue weighted by Gasteiger charge is 2.19. The number of methoxy groups -OCH3 is 2. The van der Waals surface area contributed by atoms with Gasteiger partial charge in [-0.05, 0) is 34.1 Å². The number of amides is 2. The molecule has 2 amide bonds. The quantitative estimate of drug-likeness (QED) is 0.437. The molecule has 0 saturated carbocycles. The molecule has 3 N–H and O–H groups in total. The highest BCUT2D eigenvalue weighted by atomic mass is 32.1. The predicted molar refractivity (Wildman–Crippen MR) is 125 cm³/mol. The van der Waals surface area contributed by atoms with Crippen LogP contribution >= 0.6 is 11.3 Å². The molecule has 0 aliphatic heterocycles. The van der Waals surface area contributed by atoms with Crippen LogP contribution in [0.1, 0.15) is 55.0 Å². The Morgan fingerprint density at radius 3 is 2.31 bits per heavy atom. The van der Waals surface area contributed by atoms with Crippen LogP contribution in [0.25, 0.3) is 0 Å². The number of hydrogen-bond donors (Lipinski definition) is 3. The normalized spacial score (nSPS) is 11.2. The van der Waals surface area contributed by atoms with Crippen molar-refractivity contribution in [3.05, 3.63) is 28.8 Å². The molecular weight excluding hydrogens is 432 g/mol. The van der Waals surface area contributed by atoms with Gasteiger partial charge in [-0.15, -0.1) is 11.3 Å². The van der Waals surface area contributed by atoms with Crippen LogP contribution in [-0.4, -0.2) is 66.2 Å². The third kappa shape index (κ3) is 6.57. The summed E-state index contributed by atoms with van der Waals surface area (Å²) in [6.45, 7) is 10.1. The molecule has 1 aromatic carbocycles. The molecule has 10 heteroatoms. The van der Waals surface area contributed by atoms with Crippen molar-refractivity contribution in [2.75, 3.05) is 32.6 Å². The van der Waals surface area contributed by atoms with Crippen LogP contribution < -0.4 is 20.1 Å². The van der Waals surface area contributed by atoms with Gasteiger partial charge in [0.05, 0.1) is 19.8 Å². The molecule has 0 atom stereocenters. The third-order valence-corrected chi connectivity index (χ3v) is 5.67. The number of hydrogen-bond acceptors (Lipinski definition) is 8. The maximum atomic E-state index is 12.6. The molecule has 32 heavy (non-hydrogen) atoms. The van der Waals surface area contributed by atoms with E-state index < -0.39 is 5.91 Å². The average molecular weight is 465 g/mol. The van der Waals surface area contributed by atoms with Crippen LogP contribution in [0.2, 0.25) is 0 Å². The number of carbonyl (C=O) groups excluding carboxylic acids is 2. The Balaban J connectivity index is 1.94. The first-order valence-corrected chi connectivity index (χ1v) is 11.3. The first kappa shape index (κ1) is 25.4. The topological polar surface area (TPSA) is 113 Å². The third-order valence-electron chi connectivity index (χ3n) is 4.91. The SMILES string of the molecule is COc1cc(O)c(C(=O)Nc2nc(C(=O)NCCCN(C(C)C)C(C)C)cs2)cc1OC. The summed E-state index contributed by atoms with van der Waals surface area (Å²) in [6, 6.07) is 3.57. The fourth-order valence-electron chi connectivity index (χ4n) is 3.32. The summed E-state index contributed by atoms with van der Waals surface area (Å²) in [6.07, 6.45) is 0.828. The minimum absolute atomic E-state index is 0.00344. The predicted octanol–water partition coefficient (Wildman–Crippen LogP) is 3.36. The van der Waals surface area contributed by atoms with Gasteiger partial charge in [0, 0.05) is 42.7 Å². The number of carbonyl (C=O) groups is 2. The molecule has 1 aromatic heterocycles. The van der Waals surface area contributed by atoms with Crippen LogP contribution in [0.5, 0.6) is 17.2 Å². The van der Waals surface area contributed by atoms with Gasteiger partial charge < -0.3 is 19.9 Å². The fourth-order valence-corrected chi connectivity index (χ4v) is 4.00. The van der Waals surface area contributed by atoms with E-state index in [4.69, 9.17) is 9.47 Å². The smallest absolute Gasteiger partial charge is 0.270 e. The molecule has 2 aromatic rings. The summed E-state index contributed by atoms with van der Waals surface area (Å²) < 4.78 is 10.3. The molecule has 0 unspecified atom stereocenters. The van der Waals surface area contributed by atoms with Crippen molar-refractivity contribution in [3.8, 4) is 17.2 Å². The van der Waals surface area contributed by atoms with Gasteiger partial charge in [0.15, 0.2) is 16.6 Å². The number of nitrogens with zero attached hydrogens (tertiary/aromatic N) is 2. The molecule has 2 rings (SSSR count). The number of thiazole rings is 1. The van der Waals surface area contributed by atoms with Crippen molar-refractivity contribution >= 4 is 28.3 Å². The van der Waals surface area contributed by atoms with Crippen molar-refractivity contribution < 1.29 is 24.2 Å². The molecule has 0 spiro atoms. The van der Waals surface area contributed by atoms with Gasteiger partial charge in [0.1, 0.15) is 11.4 Å². The maximum absolute atomic E-state index is 12.6. The number of rotatable bonds is 11. The first-order chi connectivity index (χ1) is 15.2. The van der Waals surface area contributed by atoms with E-state index in [0.717, 1.165) is 24.3 Å². The van der Waals surface area contributed by atoms with Gasteiger partial charge >= 0.3 is 0 Å². The van der Waals surface area contributed by atoms with Crippen LogP contribution in [0.4, 0.5) is 5.13 Å². The van der Waals surface area contributed by atoms with Crippen molar-refractivity contribution in [1.82, 2.24) is 15.2 Å². The summed E-state index contributed by atoms with van der Waals surface area (Å²) in [5.41, 5.74) is 0.232. The summed E-state index contributed by atoms with van der Waals surface area (Å²) in [4.78, 5) is 31.5. The first-order valence-electron chi connectivity index (χ1n) is 10.4. The zero-order valence-corrected chi connectivity index (χ0v) is 20.2. The highest BCUT2D eigenvalue weighted by molar-refractivity contribution is 7.14. The number of nitrogens with one attached hydrogen (secondary N) is 2. The molecule has 0 aliphatic carbocycles. The van der Waals surface area contributed by atoms with E-state index in [-0.39, 0.29) is 28.0 Å². The van der Waals surface area contributed by atoms with Gasteiger partial charge in [0.25, 0.3) is 11.8 Å². The number of anilines is 1. The Hall–Kier alpha value is -2.85. The van der Waals surface area contributed by atoms with Crippen molar-refractivity contribution in [2.45, 2.75) is 46.2 Å². The minimum atomic E-state index is -0.577. The Bertz CT molecular complexity index is 921. The molecule has 0 saturated heterocycles. The number of ether oxygens (including phenoxy) is 2. The van der Waals surface area contributed by atoms with E-state index in [1.165, 1.54) is 26.4 Å². The van der Waals surface area contributed by atoms with Gasteiger partial charge in [-0.1, -0.05) is 0 Å². The Morgan fingerprint density at radius 1 is 1.09 bits per heavy atom. The molecule has 0 aliphatic rings. The van der Waals surface area contributed by atoms with E-state index >= 15 is 0 Å². The number of phenols is 1. The Morgan fingerprint density at radius 2 is 1.72 bits per heavy atom. The standard InChI is InChI=1S/C22H32N4O5S/c1-13(2)26(14(3)4)9-7-8-23-21(29)16-12-32-22(24-16)25-20(28)15-10-18(30-5)19(31-6)11-17(15)27/h10-14,27H,7-9H2,1-6H3,(H,23,29)(H,24,25,28). The van der Waals surface area contributed by atoms with Crippen molar-refractivity contribution in [1.29, 1.82) is 0 Å². The van der Waals surface area contributed by atoms with E-state index in [9.17, 15) is 14.7 Å². The van der Waals surface area contributed by atoms with Gasteiger partial charge in [-0.3, -0.25) is 19.8 Å². The second kappa shape index (κ2) is 11.7.